The number of hydrogen-bond acceptors (Lipinski definition) is 4. The van der Waals surface area contributed by atoms with Crippen molar-refractivity contribution in [2.75, 3.05) is 18.6 Å². The largest absolute Gasteiger partial charge is 0.474 e. The number of carbonyl (C=O) groups excluding carboxylic acids is 2. The Morgan fingerprint density at radius 1 is 1.62 bits per heavy atom. The summed E-state index contributed by atoms with van der Waals surface area (Å²) in [4.78, 5) is 23.7. The van der Waals surface area contributed by atoms with E-state index in [2.05, 4.69) is 10.4 Å². The van der Waals surface area contributed by atoms with Gasteiger partial charge in [-0.3, -0.25) is 9.59 Å². The van der Waals surface area contributed by atoms with Gasteiger partial charge < -0.3 is 15.0 Å². The Labute approximate surface area is 92.0 Å². The second kappa shape index (κ2) is 3.84. The van der Waals surface area contributed by atoms with Crippen LogP contribution in [0.3, 0.4) is 0 Å². The van der Waals surface area contributed by atoms with Gasteiger partial charge in [0.15, 0.2) is 0 Å². The van der Waals surface area contributed by atoms with E-state index in [0.717, 1.165) is 0 Å². The molecule has 16 heavy (non-hydrogen) atoms. The predicted octanol–water partition coefficient (Wildman–Crippen LogP) is -1.11. The van der Waals surface area contributed by atoms with Gasteiger partial charge in [-0.05, 0) is 0 Å². The number of ether oxygens (including phenoxy) is 1. The molecule has 0 bridgehead atoms. The molecular weight excluding hydrogens is 212 g/mol. The first-order valence-electron chi connectivity index (χ1n) is 4.77. The molecule has 0 fully saturated rings. The van der Waals surface area contributed by atoms with Crippen molar-refractivity contribution >= 4 is 18.0 Å². The fourth-order valence-corrected chi connectivity index (χ4v) is 1.60. The summed E-state index contributed by atoms with van der Waals surface area (Å²) < 4.78 is 6.99. The first-order chi connectivity index (χ1) is 7.65. The minimum Gasteiger partial charge on any atom is -0.474 e. The molecule has 86 valence electrons. The second-order valence-corrected chi connectivity index (χ2v) is 3.50. The van der Waals surface area contributed by atoms with E-state index in [1.807, 2.05) is 0 Å². The standard InChI is InChI=1S/C9H12N4O3/c1-12-7-3-11-13(2)9(7)16-4-6(8(12)15)10-5-14/h3,5-6H,4H2,1-2H3,(H,10,14). The fourth-order valence-electron chi connectivity index (χ4n) is 1.60. The lowest BCUT2D eigenvalue weighted by molar-refractivity contribution is -0.123. The van der Waals surface area contributed by atoms with Crippen molar-refractivity contribution in [2.24, 2.45) is 7.05 Å². The van der Waals surface area contributed by atoms with Gasteiger partial charge in [0.2, 0.25) is 12.3 Å². The molecule has 0 spiro atoms. The Kier molecular flexibility index (Phi) is 2.51. The van der Waals surface area contributed by atoms with Crippen LogP contribution < -0.4 is 15.0 Å². The highest BCUT2D eigenvalue weighted by Gasteiger charge is 2.30. The minimum absolute atomic E-state index is 0.106. The molecule has 7 nitrogen and oxygen atoms in total. The lowest BCUT2D eigenvalue weighted by Gasteiger charge is -2.17. The number of rotatable bonds is 2. The smallest absolute Gasteiger partial charge is 0.253 e. The van der Waals surface area contributed by atoms with E-state index in [-0.39, 0.29) is 12.5 Å². The van der Waals surface area contributed by atoms with Gasteiger partial charge in [-0.2, -0.15) is 5.10 Å². The quantitative estimate of drug-likeness (QED) is 0.646. The molecule has 2 rings (SSSR count). The number of likely N-dealkylation sites (N-methyl/N-ethyl adjacent to an activating group) is 1. The summed E-state index contributed by atoms with van der Waals surface area (Å²) in [5, 5.41) is 6.43. The maximum Gasteiger partial charge on any atom is 0.253 e. The number of anilines is 1. The Bertz CT molecular complexity index is 428. The zero-order chi connectivity index (χ0) is 11.7. The monoisotopic (exact) mass is 224 g/mol. The highest BCUT2D eigenvalue weighted by atomic mass is 16.5. The number of aryl methyl sites for hydroxylation is 1. The van der Waals surface area contributed by atoms with E-state index in [1.54, 1.807) is 25.0 Å². The zero-order valence-corrected chi connectivity index (χ0v) is 9.01. The van der Waals surface area contributed by atoms with Crippen LogP contribution in [0.25, 0.3) is 0 Å². The summed E-state index contributed by atoms with van der Waals surface area (Å²) in [5.41, 5.74) is 0.600. The number of nitrogens with zero attached hydrogens (tertiary/aromatic N) is 3. The summed E-state index contributed by atoms with van der Waals surface area (Å²) in [6, 6.07) is -0.658. The van der Waals surface area contributed by atoms with Gasteiger partial charge in [0.25, 0.3) is 5.91 Å². The Balaban J connectivity index is 2.33. The van der Waals surface area contributed by atoms with Gasteiger partial charge in [-0.25, -0.2) is 4.68 Å². The zero-order valence-electron chi connectivity index (χ0n) is 9.01. The maximum absolute atomic E-state index is 11.9. The third kappa shape index (κ3) is 1.50. The summed E-state index contributed by atoms with van der Waals surface area (Å²) >= 11 is 0. The van der Waals surface area contributed by atoms with Crippen LogP contribution in [0.1, 0.15) is 0 Å². The van der Waals surface area contributed by atoms with Gasteiger partial charge in [0.1, 0.15) is 18.3 Å². The Morgan fingerprint density at radius 2 is 2.38 bits per heavy atom. The normalized spacial score (nSPS) is 19.8. The van der Waals surface area contributed by atoms with Gasteiger partial charge in [-0.15, -0.1) is 0 Å². The summed E-state index contributed by atoms with van der Waals surface area (Å²) in [6.45, 7) is 0.106. The lowest BCUT2D eigenvalue weighted by Crippen LogP contribution is -2.46. The van der Waals surface area contributed by atoms with E-state index >= 15 is 0 Å². The molecule has 1 aliphatic heterocycles. The molecule has 1 aromatic rings. The van der Waals surface area contributed by atoms with Crippen LogP contribution in [0.5, 0.6) is 5.88 Å². The maximum atomic E-state index is 11.9. The first-order valence-corrected chi connectivity index (χ1v) is 4.77. The third-order valence-corrected chi connectivity index (χ3v) is 2.51. The van der Waals surface area contributed by atoms with E-state index in [0.29, 0.717) is 18.0 Å². The number of aromatic nitrogens is 2. The highest BCUT2D eigenvalue weighted by Crippen LogP contribution is 2.29. The van der Waals surface area contributed by atoms with Crippen molar-refractivity contribution in [1.82, 2.24) is 15.1 Å². The molecule has 2 amide bonds. The number of nitrogens with one attached hydrogen (secondary N) is 1. The molecule has 2 heterocycles. The molecule has 0 radical (unpaired) electrons. The van der Waals surface area contributed by atoms with Crippen molar-refractivity contribution in [1.29, 1.82) is 0 Å². The molecule has 0 saturated heterocycles. The van der Waals surface area contributed by atoms with Gasteiger partial charge in [0, 0.05) is 14.1 Å². The average Bonchev–Trinajstić information content (AvgIpc) is 2.59. The van der Waals surface area contributed by atoms with Crippen LogP contribution in [0.15, 0.2) is 6.20 Å². The summed E-state index contributed by atoms with van der Waals surface area (Å²) in [7, 11) is 3.35. The molecule has 1 aliphatic rings. The molecule has 1 aromatic heterocycles. The molecule has 0 aliphatic carbocycles. The molecule has 7 heteroatoms. The average molecular weight is 224 g/mol. The number of fused-ring (bicyclic) bond motifs is 1. The van der Waals surface area contributed by atoms with Gasteiger partial charge in [0.05, 0.1) is 6.20 Å². The van der Waals surface area contributed by atoms with Crippen LogP contribution >= 0.6 is 0 Å². The first kappa shape index (κ1) is 10.5. The molecule has 0 aromatic carbocycles. The van der Waals surface area contributed by atoms with Crippen LogP contribution in [0.2, 0.25) is 0 Å². The molecule has 1 atom stereocenters. The van der Waals surface area contributed by atoms with Crippen molar-refractivity contribution in [2.45, 2.75) is 6.04 Å². The van der Waals surface area contributed by atoms with E-state index in [4.69, 9.17) is 4.74 Å². The fraction of sp³-hybridized carbons (Fsp3) is 0.444. The highest BCUT2D eigenvalue weighted by molar-refractivity contribution is 5.99. The molecule has 1 unspecified atom stereocenters. The number of carbonyl (C=O) groups is 2. The van der Waals surface area contributed by atoms with Crippen molar-refractivity contribution in [3.8, 4) is 5.88 Å². The van der Waals surface area contributed by atoms with Crippen LogP contribution in [0.4, 0.5) is 5.69 Å². The Hall–Kier alpha value is -2.05. The van der Waals surface area contributed by atoms with Crippen molar-refractivity contribution in [3.05, 3.63) is 6.20 Å². The van der Waals surface area contributed by atoms with Gasteiger partial charge in [-0.1, -0.05) is 0 Å². The molecular formula is C9H12N4O3. The minimum atomic E-state index is -0.658. The van der Waals surface area contributed by atoms with E-state index in [9.17, 15) is 9.59 Å². The third-order valence-electron chi connectivity index (χ3n) is 2.51. The topological polar surface area (TPSA) is 76.5 Å². The van der Waals surface area contributed by atoms with E-state index < -0.39 is 6.04 Å². The summed E-state index contributed by atoms with van der Waals surface area (Å²) in [5.74, 6) is 0.296. The molecule has 0 saturated carbocycles. The predicted molar refractivity (Wildman–Crippen MR) is 55.1 cm³/mol. The second-order valence-electron chi connectivity index (χ2n) is 3.50. The van der Waals surface area contributed by atoms with Crippen LogP contribution in [0, 0.1) is 0 Å². The molecule has 1 N–H and O–H groups in total. The SMILES string of the molecule is CN1C(=O)C(NC=O)COc2c1cnn2C. The van der Waals surface area contributed by atoms with Crippen molar-refractivity contribution in [3.63, 3.8) is 0 Å². The van der Waals surface area contributed by atoms with Gasteiger partial charge >= 0.3 is 0 Å². The Morgan fingerprint density at radius 3 is 3.06 bits per heavy atom. The van der Waals surface area contributed by atoms with Crippen molar-refractivity contribution < 1.29 is 14.3 Å². The lowest BCUT2D eigenvalue weighted by atomic mass is 10.3. The van der Waals surface area contributed by atoms with E-state index in [1.165, 1.54) is 4.90 Å². The van der Waals surface area contributed by atoms with Crippen LogP contribution in [-0.2, 0) is 16.6 Å². The van der Waals surface area contributed by atoms with Crippen LogP contribution in [-0.4, -0.2) is 41.8 Å². The number of amides is 2. The summed E-state index contributed by atoms with van der Waals surface area (Å²) in [6.07, 6.45) is 2.05. The number of hydrogen-bond donors (Lipinski definition) is 1.